The topological polar surface area (TPSA) is 26.3 Å². The average Bonchev–Trinajstić information content (AvgIpc) is 2.97. The third-order valence-corrected chi connectivity index (χ3v) is 5.26. The van der Waals surface area contributed by atoms with E-state index < -0.39 is 0 Å². The lowest BCUT2D eigenvalue weighted by molar-refractivity contribution is 0.0606. The molecule has 2 nitrogen and oxygen atoms in total. The minimum absolute atomic E-state index is 0.251. The van der Waals surface area contributed by atoms with E-state index in [-0.39, 0.29) is 5.97 Å². The van der Waals surface area contributed by atoms with Gasteiger partial charge in [0.25, 0.3) is 0 Å². The quantitative estimate of drug-likeness (QED) is 0.721. The van der Waals surface area contributed by atoms with Gasteiger partial charge in [-0.1, -0.05) is 43.5 Å². The Morgan fingerprint density at radius 2 is 2.10 bits per heavy atom. The number of ether oxygens (including phenoxy) is 1. The monoisotopic (exact) mass is 300 g/mol. The van der Waals surface area contributed by atoms with Gasteiger partial charge in [-0.2, -0.15) is 0 Å². The number of benzene rings is 1. The van der Waals surface area contributed by atoms with Gasteiger partial charge in [0.05, 0.1) is 7.11 Å². The van der Waals surface area contributed by atoms with Gasteiger partial charge in [0.15, 0.2) is 0 Å². The van der Waals surface area contributed by atoms with Crippen molar-refractivity contribution in [2.24, 2.45) is 5.92 Å². The minimum atomic E-state index is -0.251. The van der Waals surface area contributed by atoms with Crippen molar-refractivity contribution in [1.29, 1.82) is 0 Å². The van der Waals surface area contributed by atoms with Crippen LogP contribution in [0.15, 0.2) is 30.3 Å². The Morgan fingerprint density at radius 1 is 1.29 bits per heavy atom. The van der Waals surface area contributed by atoms with Crippen molar-refractivity contribution >= 4 is 33.5 Å². The first kappa shape index (κ1) is 14.3. The van der Waals surface area contributed by atoms with Crippen molar-refractivity contribution in [3.05, 3.63) is 40.8 Å². The molecule has 0 atom stereocenters. The first-order valence-electron chi connectivity index (χ1n) is 7.57. The lowest BCUT2D eigenvalue weighted by atomic mass is 9.88. The second-order valence-electron chi connectivity index (χ2n) is 5.62. The van der Waals surface area contributed by atoms with Crippen LogP contribution in [0.1, 0.15) is 47.3 Å². The van der Waals surface area contributed by atoms with Crippen LogP contribution in [0.5, 0.6) is 0 Å². The molecule has 110 valence electrons. The maximum atomic E-state index is 11.7. The molecule has 3 heteroatoms. The molecule has 1 aromatic carbocycles. The molecule has 1 saturated carbocycles. The number of allylic oxidation sites excluding steroid dienone is 1. The van der Waals surface area contributed by atoms with Crippen LogP contribution in [0.25, 0.3) is 16.2 Å². The summed E-state index contributed by atoms with van der Waals surface area (Å²) in [6.45, 7) is 0. The molecule has 0 bridgehead atoms. The van der Waals surface area contributed by atoms with Crippen molar-refractivity contribution < 1.29 is 9.53 Å². The first-order chi connectivity index (χ1) is 10.3. The second kappa shape index (κ2) is 6.44. The van der Waals surface area contributed by atoms with Crippen LogP contribution in [0, 0.1) is 5.92 Å². The fourth-order valence-electron chi connectivity index (χ4n) is 3.00. The molecule has 1 aromatic heterocycles. The number of fused-ring (bicyclic) bond motifs is 1. The first-order valence-corrected chi connectivity index (χ1v) is 8.38. The molecule has 0 amide bonds. The van der Waals surface area contributed by atoms with E-state index in [1.807, 2.05) is 6.07 Å². The lowest BCUT2D eigenvalue weighted by Gasteiger charge is -2.17. The minimum Gasteiger partial charge on any atom is -0.465 e. The van der Waals surface area contributed by atoms with Gasteiger partial charge in [0.1, 0.15) is 4.88 Å². The second-order valence-corrected chi connectivity index (χ2v) is 6.70. The summed E-state index contributed by atoms with van der Waals surface area (Å²) < 4.78 is 5.95. The number of thiophene rings is 1. The smallest absolute Gasteiger partial charge is 0.348 e. The molecule has 0 saturated heterocycles. The molecule has 1 fully saturated rings. The van der Waals surface area contributed by atoms with Crippen LogP contribution in [-0.4, -0.2) is 13.1 Å². The molecule has 3 rings (SSSR count). The zero-order valence-corrected chi connectivity index (χ0v) is 13.1. The molecule has 0 N–H and O–H groups in total. The predicted molar refractivity (Wildman–Crippen MR) is 88.8 cm³/mol. The maximum Gasteiger partial charge on any atom is 0.348 e. The van der Waals surface area contributed by atoms with E-state index >= 15 is 0 Å². The standard InChI is InChI=1S/C18H20O2S/c1-20-18(19)17-12-15-14(8-5-9-16(15)21-17)11-10-13-6-3-2-4-7-13/h5,8-13H,2-4,6-7H2,1H3. The molecule has 1 aliphatic carbocycles. The molecular formula is C18H20O2S. The van der Waals surface area contributed by atoms with Crippen molar-refractivity contribution in [3.63, 3.8) is 0 Å². The van der Waals surface area contributed by atoms with E-state index in [0.29, 0.717) is 10.8 Å². The van der Waals surface area contributed by atoms with Crippen LogP contribution in [0.2, 0.25) is 0 Å². The van der Waals surface area contributed by atoms with E-state index in [1.165, 1.54) is 56.1 Å². The highest BCUT2D eigenvalue weighted by molar-refractivity contribution is 7.20. The van der Waals surface area contributed by atoms with Crippen molar-refractivity contribution in [3.8, 4) is 0 Å². The summed E-state index contributed by atoms with van der Waals surface area (Å²) in [5.74, 6) is 0.464. The van der Waals surface area contributed by atoms with Gasteiger partial charge in [-0.25, -0.2) is 4.79 Å². The fraction of sp³-hybridized carbons (Fsp3) is 0.389. The molecule has 0 unspecified atom stereocenters. The Hall–Kier alpha value is -1.61. The van der Waals surface area contributed by atoms with E-state index in [9.17, 15) is 4.79 Å². The summed E-state index contributed by atoms with van der Waals surface area (Å²) in [5, 5.41) is 1.15. The predicted octanol–water partition coefficient (Wildman–Crippen LogP) is 5.28. The molecule has 1 aliphatic rings. The Bertz CT molecular complexity index is 663. The van der Waals surface area contributed by atoms with E-state index in [4.69, 9.17) is 4.74 Å². The Balaban J connectivity index is 1.89. The normalized spacial score (nSPS) is 16.6. The van der Waals surface area contributed by atoms with Crippen molar-refractivity contribution in [2.75, 3.05) is 7.11 Å². The number of hydrogen-bond donors (Lipinski definition) is 0. The molecule has 1 heterocycles. The van der Waals surface area contributed by atoms with Gasteiger partial charge in [-0.15, -0.1) is 11.3 Å². The fourth-order valence-corrected chi connectivity index (χ4v) is 4.01. The average molecular weight is 300 g/mol. The summed E-state index contributed by atoms with van der Waals surface area (Å²) in [6, 6.07) is 8.19. The number of hydrogen-bond acceptors (Lipinski definition) is 3. The van der Waals surface area contributed by atoms with Crippen molar-refractivity contribution in [2.45, 2.75) is 32.1 Å². The summed E-state index contributed by atoms with van der Waals surface area (Å²) in [6.07, 6.45) is 11.3. The van der Waals surface area contributed by atoms with Gasteiger partial charge < -0.3 is 4.74 Å². The molecule has 0 spiro atoms. The van der Waals surface area contributed by atoms with Crippen LogP contribution >= 0.6 is 11.3 Å². The Labute approximate surface area is 129 Å². The summed E-state index contributed by atoms with van der Waals surface area (Å²) in [5.41, 5.74) is 1.20. The highest BCUT2D eigenvalue weighted by Crippen LogP contribution is 2.31. The zero-order chi connectivity index (χ0) is 14.7. The number of rotatable bonds is 3. The summed E-state index contributed by atoms with van der Waals surface area (Å²) in [4.78, 5) is 12.3. The summed E-state index contributed by atoms with van der Waals surface area (Å²) in [7, 11) is 1.43. The van der Waals surface area contributed by atoms with Gasteiger partial charge in [-0.05, 0) is 36.5 Å². The van der Waals surface area contributed by atoms with Gasteiger partial charge >= 0.3 is 5.97 Å². The number of methoxy groups -OCH3 is 1. The molecule has 0 aliphatic heterocycles. The molecular weight excluding hydrogens is 280 g/mol. The van der Waals surface area contributed by atoms with Crippen LogP contribution in [0.3, 0.4) is 0 Å². The number of esters is 1. The van der Waals surface area contributed by atoms with E-state index in [2.05, 4.69) is 30.4 Å². The zero-order valence-electron chi connectivity index (χ0n) is 12.3. The van der Waals surface area contributed by atoms with Crippen LogP contribution < -0.4 is 0 Å². The third kappa shape index (κ3) is 3.18. The largest absolute Gasteiger partial charge is 0.465 e. The molecule has 2 aromatic rings. The summed E-state index contributed by atoms with van der Waals surface area (Å²) >= 11 is 1.50. The van der Waals surface area contributed by atoms with Crippen LogP contribution in [-0.2, 0) is 4.74 Å². The SMILES string of the molecule is COC(=O)c1cc2c(C=CC3CCCCC3)cccc2s1. The number of carbonyl (C=O) groups excluding carboxylic acids is 1. The van der Waals surface area contributed by atoms with Gasteiger partial charge in [0.2, 0.25) is 0 Å². The Kier molecular flexibility index (Phi) is 4.39. The van der Waals surface area contributed by atoms with E-state index in [1.54, 1.807) is 0 Å². The Morgan fingerprint density at radius 3 is 2.86 bits per heavy atom. The van der Waals surface area contributed by atoms with Crippen LogP contribution in [0.4, 0.5) is 0 Å². The lowest BCUT2D eigenvalue weighted by Crippen LogP contribution is -2.02. The molecule has 0 radical (unpaired) electrons. The highest BCUT2D eigenvalue weighted by atomic mass is 32.1. The maximum absolute atomic E-state index is 11.7. The third-order valence-electron chi connectivity index (χ3n) is 4.18. The highest BCUT2D eigenvalue weighted by Gasteiger charge is 2.13. The van der Waals surface area contributed by atoms with E-state index in [0.717, 1.165) is 10.1 Å². The van der Waals surface area contributed by atoms with Gasteiger partial charge in [0, 0.05) is 10.1 Å². The molecule has 21 heavy (non-hydrogen) atoms. The number of carbonyl (C=O) groups is 1. The van der Waals surface area contributed by atoms with Gasteiger partial charge in [-0.3, -0.25) is 0 Å². The van der Waals surface area contributed by atoms with Crippen molar-refractivity contribution in [1.82, 2.24) is 0 Å².